The molecule has 8 bridgehead atoms. The number of rotatable bonds is 12. The molecule has 0 radical (unpaired) electrons. The van der Waals surface area contributed by atoms with Crippen molar-refractivity contribution in [1.29, 1.82) is 0 Å². The van der Waals surface area contributed by atoms with Crippen molar-refractivity contribution >= 4 is 114 Å². The zero-order chi connectivity index (χ0) is 55.0. The Hall–Kier alpha value is -9.73. The van der Waals surface area contributed by atoms with Crippen molar-refractivity contribution in [3.05, 3.63) is 175 Å². The molecule has 79 heavy (non-hydrogen) atoms. The van der Waals surface area contributed by atoms with E-state index >= 15 is 0 Å². The number of nitrogens with one attached hydrogen (secondary N) is 2. The number of H-pyrrole nitrogens is 2. The molecule has 24 heteroatoms. The van der Waals surface area contributed by atoms with Gasteiger partial charge in [-0.05, 0) is 83.9 Å². The van der Waals surface area contributed by atoms with Gasteiger partial charge in [-0.1, -0.05) is 94.9 Å². The summed E-state index contributed by atoms with van der Waals surface area (Å²) in [6.45, 7) is -0.494. The molecule has 10 aromatic rings. The summed E-state index contributed by atoms with van der Waals surface area (Å²) in [6.07, 6.45) is 0. The van der Waals surface area contributed by atoms with Gasteiger partial charge in [-0.15, -0.1) is 0 Å². The Morgan fingerprint density at radius 2 is 0.911 bits per heavy atom. The predicted molar refractivity (Wildman–Crippen MR) is 288 cm³/mol. The average Bonchev–Trinajstić information content (AvgIpc) is 4.29. The minimum absolute atomic E-state index is 0.0160. The topological polar surface area (TPSA) is 290 Å². The van der Waals surface area contributed by atoms with E-state index in [9.17, 15) is 39.6 Å². The lowest BCUT2D eigenvalue weighted by molar-refractivity contribution is -0.711. The molecule has 0 atom stereocenters. The molecule has 6 N–H and O–H groups in total. The zero-order valence-electron chi connectivity index (χ0n) is 39.8. The number of carbonyl (C=O) groups is 4. The molecular formula is C55H30Cl4N9O11+. The Bertz CT molecular complexity index is 4370. The van der Waals surface area contributed by atoms with Gasteiger partial charge in [0.25, 0.3) is 0 Å². The van der Waals surface area contributed by atoms with Crippen LogP contribution >= 0.6 is 46.4 Å². The lowest BCUT2D eigenvalue weighted by Gasteiger charge is -2.14. The van der Waals surface area contributed by atoms with E-state index in [1.54, 1.807) is 36.4 Å². The number of benzene rings is 7. The van der Waals surface area contributed by atoms with Gasteiger partial charge >= 0.3 is 29.6 Å². The zero-order valence-corrected chi connectivity index (χ0v) is 42.8. The molecule has 3 aromatic heterocycles. The summed E-state index contributed by atoms with van der Waals surface area (Å²) in [7, 11) is 0. The van der Waals surface area contributed by atoms with E-state index in [1.807, 2.05) is 48.5 Å². The highest BCUT2D eigenvalue weighted by Crippen LogP contribution is 2.46. The van der Waals surface area contributed by atoms with Crippen molar-refractivity contribution in [2.45, 2.75) is 13.2 Å². The summed E-state index contributed by atoms with van der Waals surface area (Å²) in [5.41, 5.74) is 2.79. The van der Waals surface area contributed by atoms with Gasteiger partial charge in [0.1, 0.15) is 63.7 Å². The minimum atomic E-state index is -1.37. The maximum absolute atomic E-state index is 11.9. The minimum Gasteiger partial charge on any atom is -0.489 e. The molecule has 12 rings (SSSR count). The predicted octanol–water partition coefficient (Wildman–Crippen LogP) is 11.8. The Morgan fingerprint density at radius 1 is 0.443 bits per heavy atom. The molecule has 388 valence electrons. The highest BCUT2D eigenvalue weighted by Gasteiger charge is 2.38. The number of hydrogen-bond acceptors (Lipinski definition) is 13. The summed E-state index contributed by atoms with van der Waals surface area (Å²) in [5.74, 6) is -4.32. The van der Waals surface area contributed by atoms with Crippen molar-refractivity contribution < 1.29 is 58.6 Å². The van der Waals surface area contributed by atoms with Crippen molar-refractivity contribution in [3.8, 4) is 62.8 Å². The van der Waals surface area contributed by atoms with Gasteiger partial charge < -0.3 is 44.6 Å². The van der Waals surface area contributed by atoms with E-state index < -0.39 is 23.9 Å². The van der Waals surface area contributed by atoms with Crippen LogP contribution in [-0.4, -0.2) is 84.4 Å². The first-order valence-corrected chi connectivity index (χ1v) is 24.8. The Morgan fingerprint density at radius 3 is 1.43 bits per heavy atom. The van der Waals surface area contributed by atoms with E-state index in [4.69, 9.17) is 90.7 Å². The number of aromatic carboxylic acids is 4. The van der Waals surface area contributed by atoms with Crippen LogP contribution in [0.2, 0.25) is 20.1 Å². The second-order valence-electron chi connectivity index (χ2n) is 17.7. The second kappa shape index (κ2) is 19.7. The van der Waals surface area contributed by atoms with E-state index in [2.05, 4.69) is 9.97 Å². The molecule has 0 spiro atoms. The molecule has 0 unspecified atom stereocenters. The number of aromatic amines is 2. The lowest BCUT2D eigenvalue weighted by Crippen LogP contribution is -2.36. The fourth-order valence-corrected chi connectivity index (χ4v) is 10.0. The molecule has 0 fully saturated rings. The van der Waals surface area contributed by atoms with Crippen LogP contribution in [0.3, 0.4) is 0 Å². The number of fused-ring (bicyclic) bond motifs is 20. The molecule has 2 aliphatic rings. The number of halogens is 4. The largest absolute Gasteiger partial charge is 0.489 e. The van der Waals surface area contributed by atoms with Crippen LogP contribution < -0.4 is 19.0 Å². The summed E-state index contributed by atoms with van der Waals surface area (Å²) < 4.78 is 18.5. The van der Waals surface area contributed by atoms with Crippen molar-refractivity contribution in [1.82, 2.24) is 40.1 Å². The molecule has 20 nitrogen and oxygen atoms in total. The van der Waals surface area contributed by atoms with Crippen LogP contribution in [0.5, 0.6) is 23.0 Å². The van der Waals surface area contributed by atoms with Crippen LogP contribution in [0.4, 0.5) is 0 Å². The van der Waals surface area contributed by atoms with Crippen molar-refractivity contribution in [2.24, 2.45) is 0 Å². The van der Waals surface area contributed by atoms with Crippen molar-refractivity contribution in [2.75, 3.05) is 0 Å². The normalized spacial score (nSPS) is 11.5. The summed E-state index contributed by atoms with van der Waals surface area (Å²) >= 11 is 27.3. The van der Waals surface area contributed by atoms with Crippen LogP contribution in [0.1, 0.15) is 52.6 Å². The third-order valence-corrected chi connectivity index (χ3v) is 14.4. The van der Waals surface area contributed by atoms with E-state index in [0.29, 0.717) is 61.4 Å². The molecule has 0 aliphatic carbocycles. The molecule has 7 aromatic carbocycles. The van der Waals surface area contributed by atoms with Crippen LogP contribution in [0.25, 0.3) is 84.0 Å². The highest BCUT2D eigenvalue weighted by atomic mass is 35.5. The monoisotopic (exact) mass is 1130 g/mol. The van der Waals surface area contributed by atoms with E-state index in [1.165, 1.54) is 29.1 Å². The molecule has 0 amide bonds. The maximum Gasteiger partial charge on any atom is 0.335 e. The summed E-state index contributed by atoms with van der Waals surface area (Å²) in [6, 6.07) is 31.8. The molecule has 5 heterocycles. The van der Waals surface area contributed by atoms with E-state index in [0.717, 1.165) is 23.1 Å². The Labute approximate surface area is 461 Å². The van der Waals surface area contributed by atoms with Gasteiger partial charge in [0.15, 0.2) is 11.6 Å². The maximum atomic E-state index is 11.9. The number of ether oxygens (including phenoxy) is 3. The van der Waals surface area contributed by atoms with Gasteiger partial charge in [-0.25, -0.2) is 39.1 Å². The van der Waals surface area contributed by atoms with Gasteiger partial charge in [0, 0.05) is 32.7 Å². The fourth-order valence-electron chi connectivity index (χ4n) is 9.03. The first-order valence-electron chi connectivity index (χ1n) is 23.3. The summed E-state index contributed by atoms with van der Waals surface area (Å²) in [5, 5.41) is 50.9. The Kier molecular flexibility index (Phi) is 12.5. The van der Waals surface area contributed by atoms with Crippen LogP contribution in [0, 0.1) is 0 Å². The smallest absolute Gasteiger partial charge is 0.335 e. The number of nitrogens with zero attached hydrogens (tertiary/aromatic N) is 7. The van der Waals surface area contributed by atoms with Gasteiger partial charge in [-0.2, -0.15) is 0 Å². The van der Waals surface area contributed by atoms with Crippen LogP contribution in [0.15, 0.2) is 121 Å². The lowest BCUT2D eigenvalue weighted by atomic mass is 10.1. The quantitative estimate of drug-likeness (QED) is 0.0376. The SMILES string of the molecule is O=C(O)c1cc(OCc2cc(COc3cc(C(=O)O)cc(C(=O)O)c3)cc(Oc3ccc4c5nc6nc(nc7[nH]c(nc8n[n+](nc([nH]5)c4c3)-c3c(Cl)c(Cl)c(Cl)c(Cl)c3-8)c3ccccc73)-c3ccccc3-6)c2)cc(C(=O)O)c1. The highest BCUT2D eigenvalue weighted by molar-refractivity contribution is 6.53. The number of carboxylic acid groups (broad SMARTS) is 4. The number of aromatic nitrogens is 9. The van der Waals surface area contributed by atoms with Gasteiger partial charge in [0.05, 0.1) is 52.3 Å². The second-order valence-corrected chi connectivity index (χ2v) is 19.2. The standard InChI is InChI=1S/C55H29Cl4N9O11/c56-40-39-44(43(59)42(58)41(40)57)68-66-50-38-20-29(9-10-37(38)49(64-50)63-47-34-6-2-1-5-33(34)45(61-47)60-46-35-7-3-4-8-36(35)48(62-46)65-51(39)67-68)79-32-12-23(21-77-30-16-25(52(69)70)14-26(17-30)53(71)72)11-24(13-32)22-78-31-18-27(54(73)74)15-28(19-31)55(75)76/h1-20H,21-22H2,(H5,60,61,62,63,64,65,66,67,69,70,71,72,73,74,75,76)/p+1. The molecular weight excluding hydrogens is 1100 g/mol. The Balaban J connectivity index is 1.02. The number of hydrogen-bond donors (Lipinski definition) is 6. The number of carboxylic acids is 4. The van der Waals surface area contributed by atoms with Gasteiger partial charge in [0.2, 0.25) is 11.5 Å². The third kappa shape index (κ3) is 9.33. The summed E-state index contributed by atoms with van der Waals surface area (Å²) in [4.78, 5) is 75.5. The first kappa shape index (κ1) is 50.1. The average molecular weight is 1130 g/mol. The molecule has 0 saturated carbocycles. The fraction of sp³-hybridized carbons (Fsp3) is 0.0364. The van der Waals surface area contributed by atoms with Crippen LogP contribution in [-0.2, 0) is 13.2 Å². The first-order chi connectivity index (χ1) is 38.0. The van der Waals surface area contributed by atoms with Crippen molar-refractivity contribution in [3.63, 3.8) is 0 Å². The van der Waals surface area contributed by atoms with Gasteiger partial charge in [-0.3, -0.25) is 0 Å². The van der Waals surface area contributed by atoms with E-state index in [-0.39, 0.29) is 101 Å². The third-order valence-electron chi connectivity index (χ3n) is 12.6. The molecule has 0 saturated heterocycles. The molecule has 2 aliphatic heterocycles.